The van der Waals surface area contributed by atoms with Crippen LogP contribution in [0.15, 0.2) is 0 Å². The van der Waals surface area contributed by atoms with Crippen molar-refractivity contribution in [3.63, 3.8) is 0 Å². The number of carbonyl (C=O) groups excluding carboxylic acids is 2. The highest BCUT2D eigenvalue weighted by Crippen LogP contribution is 1.79. The second-order valence-corrected chi connectivity index (χ2v) is 3.10. The number of nitrogens with one attached hydrogen (secondary N) is 3. The minimum Gasteiger partial charge on any atom is -0.481 e. The van der Waals surface area contributed by atoms with Crippen LogP contribution in [0.25, 0.3) is 0 Å². The third kappa shape index (κ3) is 10.6. The van der Waals surface area contributed by atoms with Crippen LogP contribution >= 0.6 is 0 Å². The Bertz CT molecular complexity index is 269. The maximum atomic E-state index is 11.0. The molecule has 98 valence electrons. The zero-order valence-corrected chi connectivity index (χ0v) is 9.62. The van der Waals surface area contributed by atoms with Crippen molar-refractivity contribution in [2.24, 2.45) is 0 Å². The summed E-state index contributed by atoms with van der Waals surface area (Å²) in [6.45, 7) is 0.581. The maximum Gasteiger partial charge on any atom is 0.312 e. The van der Waals surface area contributed by atoms with Crippen molar-refractivity contribution < 1.29 is 24.2 Å². The molecule has 2 amide bonds. The van der Waals surface area contributed by atoms with E-state index in [1.54, 1.807) is 7.05 Å². The summed E-state index contributed by atoms with van der Waals surface area (Å²) in [6, 6.07) is 0. The van der Waals surface area contributed by atoms with Crippen LogP contribution in [0.3, 0.4) is 0 Å². The average Bonchev–Trinajstić information content (AvgIpc) is 2.24. The predicted octanol–water partition coefficient (Wildman–Crippen LogP) is -2.11. The van der Waals surface area contributed by atoms with Gasteiger partial charge in [0.1, 0.15) is 13.0 Å². The standard InChI is InChI=1S/C9H17N3O5/c1-10-6-12-8(14)5-17-3-2-11-7(13)4-9(15)16/h10H,2-6H2,1H3,(H,11,13)(H,12,14)(H,15,16). The number of aliphatic carboxylic acids is 1. The molecule has 0 atom stereocenters. The largest absolute Gasteiger partial charge is 0.481 e. The summed E-state index contributed by atoms with van der Waals surface area (Å²) in [5.41, 5.74) is 0. The molecule has 0 aliphatic heterocycles. The molecule has 8 nitrogen and oxygen atoms in total. The van der Waals surface area contributed by atoms with Gasteiger partial charge >= 0.3 is 5.97 Å². The second-order valence-electron chi connectivity index (χ2n) is 3.10. The molecule has 0 unspecified atom stereocenters. The first-order chi connectivity index (χ1) is 8.06. The highest BCUT2D eigenvalue weighted by atomic mass is 16.5. The SMILES string of the molecule is CNCNC(=O)COCCNC(=O)CC(=O)O. The third-order valence-electron chi connectivity index (χ3n) is 1.58. The van der Waals surface area contributed by atoms with Gasteiger partial charge in [0, 0.05) is 6.54 Å². The molecule has 0 bridgehead atoms. The average molecular weight is 247 g/mol. The van der Waals surface area contributed by atoms with Gasteiger partial charge in [-0.15, -0.1) is 0 Å². The molecule has 0 aliphatic carbocycles. The fourth-order valence-electron chi connectivity index (χ4n) is 0.865. The molecule has 17 heavy (non-hydrogen) atoms. The van der Waals surface area contributed by atoms with E-state index in [9.17, 15) is 14.4 Å². The van der Waals surface area contributed by atoms with Gasteiger partial charge in [-0.2, -0.15) is 0 Å². The van der Waals surface area contributed by atoms with Gasteiger partial charge in [0.05, 0.1) is 13.3 Å². The topological polar surface area (TPSA) is 117 Å². The van der Waals surface area contributed by atoms with Crippen LogP contribution in [-0.2, 0) is 19.1 Å². The van der Waals surface area contributed by atoms with E-state index < -0.39 is 18.3 Å². The van der Waals surface area contributed by atoms with Crippen molar-refractivity contribution in [1.82, 2.24) is 16.0 Å². The lowest BCUT2D eigenvalue weighted by molar-refractivity contribution is -0.140. The molecule has 0 spiro atoms. The first-order valence-corrected chi connectivity index (χ1v) is 5.03. The highest BCUT2D eigenvalue weighted by molar-refractivity contribution is 5.93. The Kier molecular flexibility index (Phi) is 8.61. The Balaban J connectivity index is 3.37. The van der Waals surface area contributed by atoms with E-state index >= 15 is 0 Å². The Hall–Kier alpha value is -1.67. The molecule has 0 aromatic heterocycles. The fourth-order valence-corrected chi connectivity index (χ4v) is 0.865. The normalized spacial score (nSPS) is 9.71. The number of carboxylic acid groups (broad SMARTS) is 1. The minimum atomic E-state index is -1.19. The smallest absolute Gasteiger partial charge is 0.312 e. The minimum absolute atomic E-state index is 0.101. The summed E-state index contributed by atoms with van der Waals surface area (Å²) in [7, 11) is 1.69. The molecule has 0 saturated carbocycles. The number of hydrogen-bond donors (Lipinski definition) is 4. The third-order valence-corrected chi connectivity index (χ3v) is 1.58. The van der Waals surface area contributed by atoms with Crippen molar-refractivity contribution in [3.8, 4) is 0 Å². The molecule has 0 fully saturated rings. The number of ether oxygens (including phenoxy) is 1. The number of carbonyl (C=O) groups is 3. The van der Waals surface area contributed by atoms with E-state index in [1.165, 1.54) is 0 Å². The quantitative estimate of drug-likeness (QED) is 0.210. The lowest BCUT2D eigenvalue weighted by Crippen LogP contribution is -2.35. The van der Waals surface area contributed by atoms with Crippen molar-refractivity contribution in [3.05, 3.63) is 0 Å². The molecular weight excluding hydrogens is 230 g/mol. The summed E-state index contributed by atoms with van der Waals surface area (Å²) in [6.07, 6.45) is -0.567. The first kappa shape index (κ1) is 15.3. The van der Waals surface area contributed by atoms with Crippen LogP contribution in [0, 0.1) is 0 Å². The first-order valence-electron chi connectivity index (χ1n) is 5.03. The van der Waals surface area contributed by atoms with Gasteiger partial charge in [-0.05, 0) is 7.05 Å². The summed E-state index contributed by atoms with van der Waals surface area (Å²) >= 11 is 0. The van der Waals surface area contributed by atoms with Gasteiger partial charge in [-0.1, -0.05) is 0 Å². The summed E-state index contributed by atoms with van der Waals surface area (Å²) in [4.78, 5) is 32.0. The highest BCUT2D eigenvalue weighted by Gasteiger charge is 2.06. The lowest BCUT2D eigenvalue weighted by atomic mass is 10.4. The zero-order valence-electron chi connectivity index (χ0n) is 9.62. The summed E-state index contributed by atoms with van der Waals surface area (Å²) < 4.78 is 4.95. The second kappa shape index (κ2) is 9.55. The molecule has 0 aromatic carbocycles. The van der Waals surface area contributed by atoms with Crippen LogP contribution < -0.4 is 16.0 Å². The Morgan fingerprint density at radius 3 is 2.47 bits per heavy atom. The Morgan fingerprint density at radius 1 is 1.18 bits per heavy atom. The van der Waals surface area contributed by atoms with E-state index in [0.717, 1.165) is 0 Å². The molecular formula is C9H17N3O5. The van der Waals surface area contributed by atoms with E-state index in [0.29, 0.717) is 6.67 Å². The van der Waals surface area contributed by atoms with Crippen molar-refractivity contribution in [2.75, 3.05) is 33.5 Å². The molecule has 0 radical (unpaired) electrons. The van der Waals surface area contributed by atoms with E-state index in [4.69, 9.17) is 9.84 Å². The van der Waals surface area contributed by atoms with Crippen LogP contribution in [0.1, 0.15) is 6.42 Å². The molecule has 0 saturated heterocycles. The molecule has 0 aliphatic rings. The van der Waals surface area contributed by atoms with Crippen molar-refractivity contribution in [2.45, 2.75) is 6.42 Å². The van der Waals surface area contributed by atoms with E-state index in [1.807, 2.05) is 0 Å². The van der Waals surface area contributed by atoms with Crippen LogP contribution in [0.2, 0.25) is 0 Å². The molecule has 0 heterocycles. The Morgan fingerprint density at radius 2 is 1.88 bits per heavy atom. The van der Waals surface area contributed by atoms with Gasteiger partial charge in [0.15, 0.2) is 0 Å². The van der Waals surface area contributed by atoms with E-state index in [-0.39, 0.29) is 25.7 Å². The Labute approximate surface area is 98.7 Å². The monoisotopic (exact) mass is 247 g/mol. The summed E-state index contributed by atoms with van der Waals surface area (Å²) in [5.74, 6) is -2.04. The molecule has 0 rings (SSSR count). The van der Waals surface area contributed by atoms with Gasteiger partial charge in [-0.25, -0.2) is 0 Å². The molecule has 8 heteroatoms. The zero-order chi connectivity index (χ0) is 13.1. The van der Waals surface area contributed by atoms with Crippen molar-refractivity contribution >= 4 is 17.8 Å². The van der Waals surface area contributed by atoms with Gasteiger partial charge in [0.25, 0.3) is 0 Å². The number of amides is 2. The van der Waals surface area contributed by atoms with Gasteiger partial charge < -0.3 is 25.8 Å². The maximum absolute atomic E-state index is 11.0. The molecule has 4 N–H and O–H groups in total. The summed E-state index contributed by atoms with van der Waals surface area (Å²) in [5, 5.41) is 15.9. The number of hydrogen-bond acceptors (Lipinski definition) is 5. The number of carboxylic acids is 1. The van der Waals surface area contributed by atoms with Crippen LogP contribution in [0.5, 0.6) is 0 Å². The molecule has 0 aromatic rings. The van der Waals surface area contributed by atoms with Crippen LogP contribution in [-0.4, -0.2) is 56.4 Å². The fraction of sp³-hybridized carbons (Fsp3) is 0.667. The van der Waals surface area contributed by atoms with E-state index in [2.05, 4.69) is 16.0 Å². The van der Waals surface area contributed by atoms with Gasteiger partial charge in [0.2, 0.25) is 11.8 Å². The van der Waals surface area contributed by atoms with Crippen molar-refractivity contribution in [1.29, 1.82) is 0 Å². The van der Waals surface area contributed by atoms with Gasteiger partial charge in [-0.3, -0.25) is 14.4 Å². The predicted molar refractivity (Wildman–Crippen MR) is 58.2 cm³/mol. The van der Waals surface area contributed by atoms with Crippen LogP contribution in [0.4, 0.5) is 0 Å². The number of rotatable bonds is 9. The lowest BCUT2D eigenvalue weighted by Gasteiger charge is -2.06.